The van der Waals surface area contributed by atoms with Gasteiger partial charge in [-0.25, -0.2) is 14.4 Å². The molecule has 7 nitrogen and oxygen atoms in total. The van der Waals surface area contributed by atoms with Crippen molar-refractivity contribution >= 4 is 28.6 Å². The number of aromatic nitrogens is 5. The van der Waals surface area contributed by atoms with Crippen molar-refractivity contribution in [1.29, 1.82) is 0 Å². The summed E-state index contributed by atoms with van der Waals surface area (Å²) in [6.45, 7) is 5.43. The number of fused-ring (bicyclic) bond motifs is 1. The lowest BCUT2D eigenvalue weighted by Crippen LogP contribution is -2.39. The Hall–Kier alpha value is -3.23. The molecule has 3 aromatic heterocycles. The van der Waals surface area contributed by atoms with Gasteiger partial charge in [-0.05, 0) is 50.2 Å². The molecule has 0 radical (unpaired) electrons. The Bertz CT molecular complexity index is 1320. The first-order valence-corrected chi connectivity index (χ1v) is 10.6. The minimum absolute atomic E-state index is 0.196. The molecule has 4 aromatic rings. The van der Waals surface area contributed by atoms with Crippen molar-refractivity contribution in [1.82, 2.24) is 25.1 Å². The van der Waals surface area contributed by atoms with Crippen LogP contribution in [0.15, 0.2) is 42.6 Å². The molecule has 0 saturated carbocycles. The molecule has 1 fully saturated rings. The maximum atomic E-state index is 14.8. The molecule has 1 aromatic carbocycles. The van der Waals surface area contributed by atoms with Gasteiger partial charge in [0.2, 0.25) is 5.95 Å². The number of anilines is 1. The third kappa shape index (κ3) is 3.99. The molecule has 0 aliphatic carbocycles. The molecule has 0 spiro atoms. The lowest BCUT2D eigenvalue weighted by molar-refractivity contribution is 0.0389. The van der Waals surface area contributed by atoms with E-state index in [-0.39, 0.29) is 6.10 Å². The van der Waals surface area contributed by atoms with Crippen molar-refractivity contribution in [2.75, 3.05) is 24.6 Å². The van der Waals surface area contributed by atoms with E-state index in [1.807, 2.05) is 36.9 Å². The van der Waals surface area contributed by atoms with Gasteiger partial charge in [-0.2, -0.15) is 15.2 Å². The number of pyridine rings is 1. The first-order valence-electron chi connectivity index (χ1n) is 10.2. The van der Waals surface area contributed by atoms with Gasteiger partial charge in [-0.3, -0.25) is 0 Å². The first kappa shape index (κ1) is 20.7. The van der Waals surface area contributed by atoms with Gasteiger partial charge in [0.05, 0.1) is 30.7 Å². The van der Waals surface area contributed by atoms with Crippen molar-refractivity contribution in [3.63, 3.8) is 0 Å². The zero-order valence-electron chi connectivity index (χ0n) is 17.6. The van der Waals surface area contributed by atoms with Crippen LogP contribution in [0.5, 0.6) is 0 Å². The Balaban J connectivity index is 1.59. The minimum atomic E-state index is -0.442. The number of ether oxygens (including phenoxy) is 1. The van der Waals surface area contributed by atoms with Gasteiger partial charge < -0.3 is 9.64 Å². The van der Waals surface area contributed by atoms with Gasteiger partial charge in [-0.1, -0.05) is 11.6 Å². The highest BCUT2D eigenvalue weighted by Gasteiger charge is 2.26. The standard InChI is InChI=1S/C23H20ClFN6O/c1-13-3-5-18-21(17-6-4-16(24)10-19(17)25)28-23(29-22(18)27-13)31-7-8-32-20(12-31)15-9-14(2)30-26-11-15/h3-6,9-11,20H,7-8,12H2,1-2H3. The molecule has 0 bridgehead atoms. The normalized spacial score (nSPS) is 16.5. The molecular formula is C23H20ClFN6O. The van der Waals surface area contributed by atoms with Gasteiger partial charge in [0.1, 0.15) is 11.9 Å². The number of hydrogen-bond donors (Lipinski definition) is 0. The highest BCUT2D eigenvalue weighted by Crippen LogP contribution is 2.32. The maximum absolute atomic E-state index is 14.8. The van der Waals surface area contributed by atoms with Crippen LogP contribution in [0.2, 0.25) is 5.02 Å². The van der Waals surface area contributed by atoms with Crippen LogP contribution < -0.4 is 4.90 Å². The van der Waals surface area contributed by atoms with E-state index < -0.39 is 5.82 Å². The topological polar surface area (TPSA) is 76.9 Å². The number of nitrogens with zero attached hydrogens (tertiary/aromatic N) is 6. The van der Waals surface area contributed by atoms with Crippen molar-refractivity contribution in [2.24, 2.45) is 0 Å². The van der Waals surface area contributed by atoms with Crippen LogP contribution in [0.25, 0.3) is 22.3 Å². The van der Waals surface area contributed by atoms with Gasteiger partial charge in [0, 0.05) is 33.8 Å². The van der Waals surface area contributed by atoms with E-state index in [1.165, 1.54) is 6.07 Å². The highest BCUT2D eigenvalue weighted by molar-refractivity contribution is 6.30. The van der Waals surface area contributed by atoms with E-state index in [0.717, 1.165) is 17.0 Å². The minimum Gasteiger partial charge on any atom is -0.370 e. The third-order valence-corrected chi connectivity index (χ3v) is 5.63. The summed E-state index contributed by atoms with van der Waals surface area (Å²) in [5.74, 6) is 0.0363. The number of halogens is 2. The van der Waals surface area contributed by atoms with Crippen molar-refractivity contribution in [2.45, 2.75) is 20.0 Å². The van der Waals surface area contributed by atoms with Crippen molar-refractivity contribution < 1.29 is 9.13 Å². The molecule has 1 saturated heterocycles. The van der Waals surface area contributed by atoms with Gasteiger partial charge in [-0.15, -0.1) is 0 Å². The summed E-state index contributed by atoms with van der Waals surface area (Å²) in [5.41, 5.74) is 3.95. The molecule has 1 aliphatic rings. The zero-order chi connectivity index (χ0) is 22.2. The van der Waals surface area contributed by atoms with Crippen LogP contribution >= 0.6 is 11.6 Å². The molecule has 1 unspecified atom stereocenters. The average molecular weight is 451 g/mol. The summed E-state index contributed by atoms with van der Waals surface area (Å²) < 4.78 is 20.8. The van der Waals surface area contributed by atoms with E-state index in [2.05, 4.69) is 15.2 Å². The summed E-state index contributed by atoms with van der Waals surface area (Å²) in [6, 6.07) is 10.3. The Morgan fingerprint density at radius 2 is 1.94 bits per heavy atom. The molecule has 32 heavy (non-hydrogen) atoms. The summed E-state index contributed by atoms with van der Waals surface area (Å²) >= 11 is 5.97. The largest absolute Gasteiger partial charge is 0.370 e. The maximum Gasteiger partial charge on any atom is 0.228 e. The number of rotatable bonds is 3. The lowest BCUT2D eigenvalue weighted by Gasteiger charge is -2.33. The third-order valence-electron chi connectivity index (χ3n) is 5.39. The quantitative estimate of drug-likeness (QED) is 0.455. The first-order chi connectivity index (χ1) is 15.5. The predicted octanol–water partition coefficient (Wildman–Crippen LogP) is 4.47. The number of hydrogen-bond acceptors (Lipinski definition) is 7. The van der Waals surface area contributed by atoms with Crippen LogP contribution in [0.4, 0.5) is 10.3 Å². The summed E-state index contributed by atoms with van der Waals surface area (Å²) in [7, 11) is 0. The van der Waals surface area contributed by atoms with Gasteiger partial charge >= 0.3 is 0 Å². The van der Waals surface area contributed by atoms with Gasteiger partial charge in [0.25, 0.3) is 0 Å². The number of aryl methyl sites for hydroxylation is 2. The Labute approximate surface area is 189 Å². The second-order valence-corrected chi connectivity index (χ2v) is 8.19. The molecule has 162 valence electrons. The van der Waals surface area contributed by atoms with E-state index in [9.17, 15) is 4.39 Å². The van der Waals surface area contributed by atoms with E-state index in [0.29, 0.717) is 53.0 Å². The number of benzene rings is 1. The molecule has 4 heterocycles. The smallest absolute Gasteiger partial charge is 0.228 e. The Morgan fingerprint density at radius 3 is 2.75 bits per heavy atom. The Kier molecular flexibility index (Phi) is 5.40. The van der Waals surface area contributed by atoms with E-state index in [4.69, 9.17) is 26.3 Å². The SMILES string of the molecule is Cc1cc(C2CN(c3nc(-c4ccc(Cl)cc4F)c4ccc(C)nc4n3)CCO2)cnn1. The van der Waals surface area contributed by atoms with Gasteiger partial charge in [0.15, 0.2) is 5.65 Å². The second kappa shape index (κ2) is 8.37. The monoisotopic (exact) mass is 450 g/mol. The molecule has 0 N–H and O–H groups in total. The fourth-order valence-electron chi connectivity index (χ4n) is 3.82. The molecule has 1 aliphatic heterocycles. The molecule has 1 atom stereocenters. The highest BCUT2D eigenvalue weighted by atomic mass is 35.5. The molecule has 0 amide bonds. The summed E-state index contributed by atoms with van der Waals surface area (Å²) in [5, 5.41) is 9.06. The Morgan fingerprint density at radius 1 is 1.06 bits per heavy atom. The second-order valence-electron chi connectivity index (χ2n) is 7.76. The van der Waals surface area contributed by atoms with Crippen LogP contribution in [-0.4, -0.2) is 44.8 Å². The fourth-order valence-corrected chi connectivity index (χ4v) is 3.98. The summed E-state index contributed by atoms with van der Waals surface area (Å²) in [6.07, 6.45) is 1.51. The lowest BCUT2D eigenvalue weighted by atomic mass is 10.1. The fraction of sp³-hybridized carbons (Fsp3) is 0.261. The molecular weight excluding hydrogens is 431 g/mol. The number of morpholine rings is 1. The van der Waals surface area contributed by atoms with E-state index in [1.54, 1.807) is 18.3 Å². The van der Waals surface area contributed by atoms with Crippen LogP contribution in [0.1, 0.15) is 23.1 Å². The van der Waals surface area contributed by atoms with Crippen molar-refractivity contribution in [3.8, 4) is 11.3 Å². The predicted molar refractivity (Wildman–Crippen MR) is 120 cm³/mol. The van der Waals surface area contributed by atoms with Crippen LogP contribution in [0.3, 0.4) is 0 Å². The summed E-state index contributed by atoms with van der Waals surface area (Å²) in [4.78, 5) is 16.1. The van der Waals surface area contributed by atoms with Crippen molar-refractivity contribution in [3.05, 3.63) is 70.4 Å². The molecule has 9 heteroatoms. The van der Waals surface area contributed by atoms with E-state index >= 15 is 0 Å². The zero-order valence-corrected chi connectivity index (χ0v) is 18.3. The van der Waals surface area contributed by atoms with Crippen LogP contribution in [-0.2, 0) is 4.74 Å². The average Bonchev–Trinajstić information content (AvgIpc) is 2.78. The molecule has 5 rings (SSSR count). The van der Waals surface area contributed by atoms with Crippen LogP contribution in [0, 0.1) is 19.7 Å².